The quantitative estimate of drug-likeness (QED) is 0.712. The zero-order valence-electron chi connectivity index (χ0n) is 11.4. The van der Waals surface area contributed by atoms with Crippen molar-refractivity contribution in [1.29, 1.82) is 0 Å². The highest BCUT2D eigenvalue weighted by Gasteiger charge is 2.05. The second-order valence-corrected chi connectivity index (χ2v) is 4.00. The van der Waals surface area contributed by atoms with Crippen LogP contribution in [0.3, 0.4) is 0 Å². The molecule has 2 rings (SSSR count). The lowest BCUT2D eigenvalue weighted by Crippen LogP contribution is -1.94. The number of nitrogen functional groups attached to an aromatic ring is 1. The number of benzene rings is 2. The standard InChI is InChI=1S/C15H17NO.2H3N/c1-2-7-12-8-3-5-10-14(12)17-15-11-6-4-9-13(15)16;;/h3-6,8-11H,2,7,16H2,1H3;2*1H3. The van der Waals surface area contributed by atoms with Crippen molar-refractivity contribution < 1.29 is 4.74 Å². The third-order valence-electron chi connectivity index (χ3n) is 2.63. The van der Waals surface area contributed by atoms with Crippen LogP contribution in [0.25, 0.3) is 0 Å². The maximum Gasteiger partial charge on any atom is 0.150 e. The Labute approximate surface area is 114 Å². The van der Waals surface area contributed by atoms with Crippen molar-refractivity contribution in [3.63, 3.8) is 0 Å². The Bertz CT molecular complexity index is 500. The molecule has 0 atom stereocenters. The maximum atomic E-state index is 5.87. The smallest absolute Gasteiger partial charge is 0.150 e. The van der Waals surface area contributed by atoms with Gasteiger partial charge in [-0.05, 0) is 30.2 Å². The Balaban J connectivity index is 0.00000162. The van der Waals surface area contributed by atoms with E-state index in [9.17, 15) is 0 Å². The van der Waals surface area contributed by atoms with E-state index in [1.807, 2.05) is 42.5 Å². The molecule has 0 radical (unpaired) electrons. The van der Waals surface area contributed by atoms with E-state index < -0.39 is 0 Å². The minimum Gasteiger partial charge on any atom is -0.455 e. The number of nitrogens with two attached hydrogens (primary N) is 1. The fourth-order valence-electron chi connectivity index (χ4n) is 1.77. The fraction of sp³-hybridized carbons (Fsp3) is 0.200. The van der Waals surface area contributed by atoms with Gasteiger partial charge in [0.15, 0.2) is 0 Å². The normalized spacial score (nSPS) is 9.11. The van der Waals surface area contributed by atoms with Gasteiger partial charge in [0, 0.05) is 0 Å². The van der Waals surface area contributed by atoms with Crippen LogP contribution in [0, 0.1) is 0 Å². The third kappa shape index (κ3) is 4.28. The van der Waals surface area contributed by atoms with Gasteiger partial charge in [0.2, 0.25) is 0 Å². The molecular formula is C15H23N3O. The zero-order valence-corrected chi connectivity index (χ0v) is 11.4. The number of aryl methyl sites for hydroxylation is 1. The summed E-state index contributed by atoms with van der Waals surface area (Å²) in [7, 11) is 0. The average Bonchev–Trinajstić information content (AvgIpc) is 2.35. The molecule has 0 aromatic heterocycles. The molecule has 8 N–H and O–H groups in total. The SMILES string of the molecule is CCCc1ccccc1Oc1ccccc1N.N.N. The summed E-state index contributed by atoms with van der Waals surface area (Å²) in [5, 5.41) is 0. The summed E-state index contributed by atoms with van der Waals surface area (Å²) in [5.41, 5.74) is 7.75. The minimum atomic E-state index is 0. The molecule has 0 saturated carbocycles. The van der Waals surface area contributed by atoms with Gasteiger partial charge in [-0.2, -0.15) is 0 Å². The van der Waals surface area contributed by atoms with E-state index in [4.69, 9.17) is 10.5 Å². The molecule has 104 valence electrons. The van der Waals surface area contributed by atoms with Gasteiger partial charge >= 0.3 is 0 Å². The number of hydrogen-bond acceptors (Lipinski definition) is 4. The lowest BCUT2D eigenvalue weighted by Gasteiger charge is -2.11. The lowest BCUT2D eigenvalue weighted by atomic mass is 10.1. The fourth-order valence-corrected chi connectivity index (χ4v) is 1.77. The molecule has 0 aliphatic carbocycles. The van der Waals surface area contributed by atoms with Gasteiger partial charge in [-0.1, -0.05) is 43.7 Å². The molecule has 0 heterocycles. The summed E-state index contributed by atoms with van der Waals surface area (Å²) in [5.74, 6) is 1.61. The Morgan fingerprint density at radius 1 is 0.895 bits per heavy atom. The first-order valence-corrected chi connectivity index (χ1v) is 5.91. The second kappa shape index (κ2) is 8.13. The number of para-hydroxylation sites is 3. The van der Waals surface area contributed by atoms with Gasteiger partial charge in [0.25, 0.3) is 0 Å². The van der Waals surface area contributed by atoms with E-state index in [2.05, 4.69) is 13.0 Å². The summed E-state index contributed by atoms with van der Waals surface area (Å²) in [6.45, 7) is 2.16. The van der Waals surface area contributed by atoms with E-state index in [1.165, 1.54) is 5.56 Å². The predicted octanol–water partition coefficient (Wildman–Crippen LogP) is 4.34. The molecule has 0 amide bonds. The van der Waals surface area contributed by atoms with E-state index in [0.29, 0.717) is 5.69 Å². The highest BCUT2D eigenvalue weighted by atomic mass is 16.5. The monoisotopic (exact) mass is 261 g/mol. The first-order valence-electron chi connectivity index (χ1n) is 5.91. The lowest BCUT2D eigenvalue weighted by molar-refractivity contribution is 0.478. The number of anilines is 1. The molecular weight excluding hydrogens is 238 g/mol. The van der Waals surface area contributed by atoms with E-state index in [0.717, 1.165) is 24.3 Å². The molecule has 2 aromatic carbocycles. The first kappa shape index (κ1) is 17.0. The highest BCUT2D eigenvalue weighted by Crippen LogP contribution is 2.29. The van der Waals surface area contributed by atoms with Crippen molar-refractivity contribution in [2.75, 3.05) is 5.73 Å². The van der Waals surface area contributed by atoms with E-state index >= 15 is 0 Å². The van der Waals surface area contributed by atoms with Crippen LogP contribution in [0.2, 0.25) is 0 Å². The maximum absolute atomic E-state index is 5.87. The summed E-state index contributed by atoms with van der Waals surface area (Å²) in [6, 6.07) is 15.7. The first-order chi connectivity index (χ1) is 8.31. The van der Waals surface area contributed by atoms with Gasteiger partial charge in [0.05, 0.1) is 5.69 Å². The highest BCUT2D eigenvalue weighted by molar-refractivity contribution is 5.54. The Hall–Kier alpha value is -2.04. The van der Waals surface area contributed by atoms with Gasteiger partial charge in [-0.3, -0.25) is 0 Å². The van der Waals surface area contributed by atoms with Gasteiger partial charge in [0.1, 0.15) is 11.5 Å². The molecule has 0 unspecified atom stereocenters. The summed E-state index contributed by atoms with van der Waals surface area (Å²) < 4.78 is 5.87. The summed E-state index contributed by atoms with van der Waals surface area (Å²) in [4.78, 5) is 0. The predicted molar refractivity (Wildman–Crippen MR) is 81.4 cm³/mol. The molecule has 0 aliphatic rings. The topological polar surface area (TPSA) is 105 Å². The van der Waals surface area contributed by atoms with Crippen LogP contribution in [0.5, 0.6) is 11.5 Å². The van der Waals surface area contributed by atoms with Gasteiger partial charge in [-0.25, -0.2) is 0 Å². The minimum absolute atomic E-state index is 0. The molecule has 2 aromatic rings. The molecule has 0 saturated heterocycles. The van der Waals surface area contributed by atoms with Crippen LogP contribution in [-0.2, 0) is 6.42 Å². The van der Waals surface area contributed by atoms with Crippen molar-refractivity contribution in [1.82, 2.24) is 12.3 Å². The van der Waals surface area contributed by atoms with E-state index in [-0.39, 0.29) is 12.3 Å². The molecule has 0 fully saturated rings. The van der Waals surface area contributed by atoms with E-state index in [1.54, 1.807) is 0 Å². The third-order valence-corrected chi connectivity index (χ3v) is 2.63. The van der Waals surface area contributed by atoms with Crippen LogP contribution in [0.15, 0.2) is 48.5 Å². The Morgan fingerprint density at radius 2 is 1.47 bits per heavy atom. The van der Waals surface area contributed by atoms with Crippen LogP contribution in [0.4, 0.5) is 5.69 Å². The average molecular weight is 261 g/mol. The van der Waals surface area contributed by atoms with Gasteiger partial charge in [-0.15, -0.1) is 0 Å². The summed E-state index contributed by atoms with van der Waals surface area (Å²) in [6.07, 6.45) is 2.12. The van der Waals surface area contributed by atoms with Crippen LogP contribution >= 0.6 is 0 Å². The second-order valence-electron chi connectivity index (χ2n) is 4.00. The molecule has 0 spiro atoms. The number of ether oxygens (including phenoxy) is 1. The molecule has 0 aliphatic heterocycles. The van der Waals surface area contributed by atoms with Crippen molar-refractivity contribution in [2.24, 2.45) is 0 Å². The van der Waals surface area contributed by atoms with Crippen molar-refractivity contribution in [3.05, 3.63) is 54.1 Å². The molecule has 4 heteroatoms. The largest absolute Gasteiger partial charge is 0.455 e. The van der Waals surface area contributed by atoms with Crippen molar-refractivity contribution in [2.45, 2.75) is 19.8 Å². The summed E-state index contributed by atoms with van der Waals surface area (Å²) >= 11 is 0. The zero-order chi connectivity index (χ0) is 12.1. The Kier molecular flexibility index (Phi) is 7.26. The van der Waals surface area contributed by atoms with Crippen LogP contribution in [0.1, 0.15) is 18.9 Å². The molecule has 19 heavy (non-hydrogen) atoms. The van der Waals surface area contributed by atoms with Crippen LogP contribution in [-0.4, -0.2) is 0 Å². The molecule has 0 bridgehead atoms. The number of hydrogen-bond donors (Lipinski definition) is 3. The van der Waals surface area contributed by atoms with Crippen LogP contribution < -0.4 is 22.8 Å². The van der Waals surface area contributed by atoms with Gasteiger partial charge < -0.3 is 22.8 Å². The van der Waals surface area contributed by atoms with Crippen molar-refractivity contribution in [3.8, 4) is 11.5 Å². The van der Waals surface area contributed by atoms with Crippen molar-refractivity contribution >= 4 is 5.69 Å². The molecule has 4 nitrogen and oxygen atoms in total. The number of rotatable bonds is 4. The Morgan fingerprint density at radius 3 is 2.11 bits per heavy atom.